The van der Waals surface area contributed by atoms with Crippen LogP contribution in [0.5, 0.6) is 11.5 Å². The van der Waals surface area contributed by atoms with E-state index in [4.69, 9.17) is 26.5 Å². The highest BCUT2D eigenvalue weighted by atomic mass is 35.5. The van der Waals surface area contributed by atoms with Crippen LogP contribution < -0.4 is 14.4 Å². The average Bonchev–Trinajstić information content (AvgIpc) is 3.63. The first-order valence-electron chi connectivity index (χ1n) is 11.9. The zero-order chi connectivity index (χ0) is 24.4. The quantitative estimate of drug-likeness (QED) is 0.307. The van der Waals surface area contributed by atoms with Crippen molar-refractivity contribution in [2.45, 2.75) is 25.3 Å². The Morgan fingerprint density at radius 2 is 2.00 bits per heavy atom. The minimum atomic E-state index is -0.347. The largest absolute Gasteiger partial charge is 0.493 e. The molecule has 7 nitrogen and oxygen atoms in total. The highest BCUT2D eigenvalue weighted by Gasteiger charge is 2.37. The number of H-pyrrole nitrogens is 1. The van der Waals surface area contributed by atoms with Gasteiger partial charge in [0.1, 0.15) is 12.3 Å². The number of likely N-dealkylation sites (tertiary alicyclic amines) is 1. The van der Waals surface area contributed by atoms with Gasteiger partial charge in [0.15, 0.2) is 11.5 Å². The molecule has 2 aliphatic rings. The molecule has 2 atom stereocenters. The molecule has 1 saturated heterocycles. The lowest BCUT2D eigenvalue weighted by atomic mass is 10.1. The number of amides is 1. The molecule has 2 fully saturated rings. The first kappa shape index (κ1) is 23.5. The number of anilines is 1. The zero-order valence-corrected chi connectivity index (χ0v) is 20.4. The van der Waals surface area contributed by atoms with Crippen LogP contribution in [-0.4, -0.2) is 55.0 Å². The Kier molecular flexibility index (Phi) is 6.79. The monoisotopic (exact) mass is 492 g/mol. The number of piperidine rings is 1. The van der Waals surface area contributed by atoms with E-state index in [1.54, 1.807) is 49.7 Å². The topological polar surface area (TPSA) is 81.7 Å². The summed E-state index contributed by atoms with van der Waals surface area (Å²) in [5.74, 6) is 1.67. The second-order valence-electron chi connectivity index (χ2n) is 9.12. The van der Waals surface area contributed by atoms with Crippen molar-refractivity contribution in [3.05, 3.63) is 65.4 Å². The van der Waals surface area contributed by atoms with Gasteiger partial charge in [0, 0.05) is 36.4 Å². The molecule has 1 aromatic heterocycles. The number of halogens is 1. The number of hydrogen-bond acceptors (Lipinski definition) is 5. The van der Waals surface area contributed by atoms with Crippen molar-refractivity contribution in [1.82, 2.24) is 9.88 Å². The van der Waals surface area contributed by atoms with E-state index in [-0.39, 0.29) is 5.91 Å². The second kappa shape index (κ2) is 10.1. The van der Waals surface area contributed by atoms with Gasteiger partial charge in [0.2, 0.25) is 0 Å². The maximum atomic E-state index is 13.2. The third kappa shape index (κ3) is 4.92. The average molecular weight is 493 g/mol. The SMILES string of the molecule is COc1cc(N(C=N)C(=O)c2cc(-c3ccc(Cl)cc3)c[nH]2)ccc1OCCN1CC2CCC1C2. The van der Waals surface area contributed by atoms with Gasteiger partial charge in [-0.2, -0.15) is 0 Å². The van der Waals surface area contributed by atoms with Crippen LogP contribution in [0.2, 0.25) is 5.02 Å². The zero-order valence-electron chi connectivity index (χ0n) is 19.7. The smallest absolute Gasteiger partial charge is 0.279 e. The number of nitrogens with zero attached hydrogens (tertiary/aromatic N) is 2. The van der Waals surface area contributed by atoms with Gasteiger partial charge in [0.25, 0.3) is 5.91 Å². The van der Waals surface area contributed by atoms with Crippen molar-refractivity contribution in [3.8, 4) is 22.6 Å². The molecule has 1 aliphatic carbocycles. The van der Waals surface area contributed by atoms with Crippen molar-refractivity contribution in [3.63, 3.8) is 0 Å². The Morgan fingerprint density at radius 1 is 1.17 bits per heavy atom. The molecular formula is C27H29ClN4O3. The fourth-order valence-electron chi connectivity index (χ4n) is 5.21. The number of aromatic amines is 1. The lowest BCUT2D eigenvalue weighted by Crippen LogP contribution is -2.35. The van der Waals surface area contributed by atoms with Crippen LogP contribution in [0, 0.1) is 11.3 Å². The highest BCUT2D eigenvalue weighted by molar-refractivity contribution is 6.30. The maximum absolute atomic E-state index is 13.2. The fraction of sp³-hybridized carbons (Fsp3) is 0.333. The van der Waals surface area contributed by atoms with Crippen LogP contribution in [0.25, 0.3) is 11.1 Å². The summed E-state index contributed by atoms with van der Waals surface area (Å²) in [6.07, 6.45) is 6.77. The minimum absolute atomic E-state index is 0.347. The fourth-order valence-corrected chi connectivity index (χ4v) is 5.33. The van der Waals surface area contributed by atoms with E-state index in [0.29, 0.717) is 40.6 Å². The lowest BCUT2D eigenvalue weighted by Gasteiger charge is -2.26. The van der Waals surface area contributed by atoms with Gasteiger partial charge in [-0.1, -0.05) is 23.7 Å². The first-order valence-corrected chi connectivity index (χ1v) is 12.3. The third-order valence-electron chi connectivity index (χ3n) is 7.02. The number of fused-ring (bicyclic) bond motifs is 2. The van der Waals surface area contributed by atoms with E-state index in [0.717, 1.165) is 29.9 Å². The summed E-state index contributed by atoms with van der Waals surface area (Å²) in [5, 5.41) is 8.53. The van der Waals surface area contributed by atoms with Gasteiger partial charge in [-0.3, -0.25) is 20.0 Å². The van der Waals surface area contributed by atoms with Crippen molar-refractivity contribution in [1.29, 1.82) is 5.41 Å². The summed E-state index contributed by atoms with van der Waals surface area (Å²) in [6, 6.07) is 15.2. The molecule has 0 spiro atoms. The molecule has 3 aromatic rings. The standard InChI is InChI=1S/C27H29ClN4O3/c1-34-26-14-23(8-9-25(26)35-11-10-31-16-18-2-7-22(31)12-18)32(17-29)27(33)24-13-20(15-30-24)19-3-5-21(28)6-4-19/h3-6,8-9,13-15,17-18,22,29-30H,2,7,10-12,16H2,1H3. The van der Waals surface area contributed by atoms with Crippen molar-refractivity contribution in [2.75, 3.05) is 31.7 Å². The van der Waals surface area contributed by atoms with E-state index >= 15 is 0 Å². The van der Waals surface area contributed by atoms with Crippen LogP contribution in [0.1, 0.15) is 29.8 Å². The molecule has 2 heterocycles. The van der Waals surface area contributed by atoms with Gasteiger partial charge < -0.3 is 14.5 Å². The van der Waals surface area contributed by atoms with E-state index in [1.165, 1.54) is 30.7 Å². The molecule has 2 bridgehead atoms. The normalized spacial score (nSPS) is 19.0. The number of ether oxygens (including phenoxy) is 2. The number of hydrogen-bond donors (Lipinski definition) is 2. The Balaban J connectivity index is 1.26. The number of aromatic nitrogens is 1. The van der Waals surface area contributed by atoms with Crippen LogP contribution in [-0.2, 0) is 0 Å². The molecule has 2 N–H and O–H groups in total. The summed E-state index contributed by atoms with van der Waals surface area (Å²) in [5.41, 5.74) is 2.70. The number of benzene rings is 2. The second-order valence-corrected chi connectivity index (χ2v) is 9.56. The maximum Gasteiger partial charge on any atom is 0.279 e. The van der Waals surface area contributed by atoms with E-state index in [9.17, 15) is 4.79 Å². The minimum Gasteiger partial charge on any atom is -0.493 e. The first-order chi connectivity index (χ1) is 17.1. The van der Waals surface area contributed by atoms with Crippen LogP contribution in [0.4, 0.5) is 5.69 Å². The van der Waals surface area contributed by atoms with Gasteiger partial charge in [-0.05, 0) is 66.6 Å². The predicted octanol–water partition coefficient (Wildman–Crippen LogP) is 5.46. The Labute approximate surface area is 210 Å². The summed E-state index contributed by atoms with van der Waals surface area (Å²) in [4.78, 5) is 20.0. The molecule has 1 saturated carbocycles. The molecule has 1 aliphatic heterocycles. The molecule has 2 unspecified atom stereocenters. The molecule has 2 aromatic carbocycles. The third-order valence-corrected chi connectivity index (χ3v) is 7.27. The number of rotatable bonds is 9. The number of nitrogens with one attached hydrogen (secondary N) is 2. The summed E-state index contributed by atoms with van der Waals surface area (Å²) < 4.78 is 11.6. The molecule has 35 heavy (non-hydrogen) atoms. The van der Waals surface area contributed by atoms with E-state index < -0.39 is 0 Å². The van der Waals surface area contributed by atoms with Gasteiger partial charge in [-0.25, -0.2) is 0 Å². The van der Waals surface area contributed by atoms with Gasteiger partial charge in [-0.15, -0.1) is 0 Å². The van der Waals surface area contributed by atoms with Crippen molar-refractivity contribution >= 4 is 29.5 Å². The van der Waals surface area contributed by atoms with Crippen molar-refractivity contribution in [2.24, 2.45) is 5.92 Å². The predicted molar refractivity (Wildman–Crippen MR) is 138 cm³/mol. The summed E-state index contributed by atoms with van der Waals surface area (Å²) in [7, 11) is 1.57. The molecule has 1 amide bonds. The van der Waals surface area contributed by atoms with Gasteiger partial charge in [0.05, 0.1) is 19.1 Å². The van der Waals surface area contributed by atoms with Crippen LogP contribution >= 0.6 is 11.6 Å². The van der Waals surface area contributed by atoms with E-state index in [1.807, 2.05) is 12.1 Å². The molecule has 8 heteroatoms. The highest BCUT2D eigenvalue weighted by Crippen LogP contribution is 2.37. The molecule has 182 valence electrons. The molecular weight excluding hydrogens is 464 g/mol. The number of methoxy groups -OCH3 is 1. The molecule has 0 radical (unpaired) electrons. The number of carbonyl (C=O) groups excluding carboxylic acids is 1. The van der Waals surface area contributed by atoms with E-state index in [2.05, 4.69) is 9.88 Å². The summed E-state index contributed by atoms with van der Waals surface area (Å²) >= 11 is 5.97. The number of carbonyl (C=O) groups is 1. The van der Waals surface area contributed by atoms with Crippen molar-refractivity contribution < 1.29 is 14.3 Å². The van der Waals surface area contributed by atoms with Crippen LogP contribution in [0.15, 0.2) is 54.7 Å². The summed E-state index contributed by atoms with van der Waals surface area (Å²) in [6.45, 7) is 2.67. The van der Waals surface area contributed by atoms with Crippen LogP contribution in [0.3, 0.4) is 0 Å². The Morgan fingerprint density at radius 3 is 2.69 bits per heavy atom. The Hall–Kier alpha value is -3.29. The Bertz CT molecular complexity index is 1210. The molecule has 5 rings (SSSR count). The van der Waals surface area contributed by atoms with Gasteiger partial charge >= 0.3 is 0 Å². The lowest BCUT2D eigenvalue weighted by molar-refractivity contribution is 0.0999.